The largest absolute Gasteiger partial charge is 0.383 e. The zero-order chi connectivity index (χ0) is 22.7. The van der Waals surface area contributed by atoms with E-state index >= 15 is 0 Å². The Morgan fingerprint density at radius 3 is 2.91 bits per heavy atom. The molecule has 1 atom stereocenters. The molecule has 7 nitrogen and oxygen atoms in total. The molecule has 2 amide bonds. The molecule has 2 N–H and O–H groups in total. The Balaban J connectivity index is 1.48. The van der Waals surface area contributed by atoms with Gasteiger partial charge in [0.15, 0.2) is 0 Å². The van der Waals surface area contributed by atoms with Crippen LogP contribution in [0.4, 0.5) is 5.82 Å². The molecule has 9 heteroatoms. The van der Waals surface area contributed by atoms with Crippen LogP contribution in [0.3, 0.4) is 0 Å². The van der Waals surface area contributed by atoms with Crippen LogP contribution in [0.15, 0.2) is 48.7 Å². The van der Waals surface area contributed by atoms with Gasteiger partial charge in [0.05, 0.1) is 10.9 Å². The molecule has 2 aromatic heterocycles. The van der Waals surface area contributed by atoms with E-state index in [0.29, 0.717) is 29.8 Å². The van der Waals surface area contributed by atoms with Crippen LogP contribution in [0, 0.1) is 0 Å². The molecule has 1 aromatic carbocycles. The third-order valence-electron chi connectivity index (χ3n) is 5.41. The van der Waals surface area contributed by atoms with Gasteiger partial charge in [-0.1, -0.05) is 23.7 Å². The smallest absolute Gasteiger partial charge is 0.248 e. The first-order valence-corrected chi connectivity index (χ1v) is 11.3. The number of methoxy groups -OCH3 is 1. The minimum absolute atomic E-state index is 0.131. The second-order valence-electron chi connectivity index (χ2n) is 7.49. The number of fused-ring (bicyclic) bond motifs is 1. The van der Waals surface area contributed by atoms with E-state index in [9.17, 15) is 9.59 Å². The molecule has 1 aliphatic heterocycles. The Kier molecular flexibility index (Phi) is 6.74. The van der Waals surface area contributed by atoms with Crippen molar-refractivity contribution in [3.8, 4) is 0 Å². The number of carbonyl (C=O) groups is 2. The molecule has 166 valence electrons. The third kappa shape index (κ3) is 4.77. The van der Waals surface area contributed by atoms with Gasteiger partial charge in [0, 0.05) is 49.3 Å². The van der Waals surface area contributed by atoms with Gasteiger partial charge in [0.1, 0.15) is 11.9 Å². The van der Waals surface area contributed by atoms with E-state index in [4.69, 9.17) is 22.1 Å². The normalized spacial score (nSPS) is 16.9. The summed E-state index contributed by atoms with van der Waals surface area (Å²) in [5.74, 6) is 0.127. The van der Waals surface area contributed by atoms with Gasteiger partial charge < -0.3 is 20.3 Å². The van der Waals surface area contributed by atoms with Crippen molar-refractivity contribution < 1.29 is 14.3 Å². The minimum atomic E-state index is -0.668. The van der Waals surface area contributed by atoms with Gasteiger partial charge in [-0.05, 0) is 41.3 Å². The summed E-state index contributed by atoms with van der Waals surface area (Å²) < 4.78 is 5.92. The maximum absolute atomic E-state index is 13.2. The summed E-state index contributed by atoms with van der Waals surface area (Å²) in [5, 5.41) is 1.86. The van der Waals surface area contributed by atoms with Crippen LogP contribution in [0.1, 0.15) is 10.4 Å². The number of nitrogens with zero attached hydrogens (tertiary/aromatic N) is 3. The number of ether oxygens (including phenoxy) is 1. The van der Waals surface area contributed by atoms with Gasteiger partial charge in [0.25, 0.3) is 0 Å². The number of thiophene rings is 1. The predicted molar refractivity (Wildman–Crippen MR) is 127 cm³/mol. The second kappa shape index (κ2) is 9.68. The molecule has 1 unspecified atom stereocenters. The predicted octanol–water partition coefficient (Wildman–Crippen LogP) is 3.43. The number of nitrogens with two attached hydrogens (primary N) is 1. The first kappa shape index (κ1) is 22.3. The van der Waals surface area contributed by atoms with Crippen molar-refractivity contribution in [3.05, 3.63) is 63.4 Å². The minimum Gasteiger partial charge on any atom is -0.383 e. The number of amides is 2. The number of anilines is 1. The van der Waals surface area contributed by atoms with Gasteiger partial charge in [-0.2, -0.15) is 0 Å². The molecule has 3 heterocycles. The Hall–Kier alpha value is -2.94. The van der Waals surface area contributed by atoms with Gasteiger partial charge in [0.2, 0.25) is 11.8 Å². The third-order valence-corrected chi connectivity index (χ3v) is 6.61. The molecule has 3 aromatic rings. The quantitative estimate of drug-likeness (QED) is 0.557. The summed E-state index contributed by atoms with van der Waals surface area (Å²) >= 11 is 7.33. The van der Waals surface area contributed by atoms with Crippen molar-refractivity contribution in [2.45, 2.75) is 12.6 Å². The Bertz CT molecular complexity index is 1180. The number of piperazine rings is 1. The monoisotopic (exact) mass is 470 g/mol. The van der Waals surface area contributed by atoms with E-state index < -0.39 is 6.04 Å². The summed E-state index contributed by atoms with van der Waals surface area (Å²) in [6, 6.07) is 10.7. The van der Waals surface area contributed by atoms with Crippen molar-refractivity contribution in [3.63, 3.8) is 0 Å². The van der Waals surface area contributed by atoms with Crippen molar-refractivity contribution in [1.82, 2.24) is 14.8 Å². The highest BCUT2D eigenvalue weighted by atomic mass is 35.5. The molecular formula is C23H23ClN4O3S. The average molecular weight is 471 g/mol. The van der Waals surface area contributed by atoms with Crippen LogP contribution in [0.25, 0.3) is 16.8 Å². The van der Waals surface area contributed by atoms with Crippen molar-refractivity contribution in [1.29, 1.82) is 0 Å². The molecular weight excluding hydrogens is 448 g/mol. The summed E-state index contributed by atoms with van der Waals surface area (Å²) in [5.41, 5.74) is 6.92. The maximum atomic E-state index is 13.2. The molecule has 1 saturated heterocycles. The Labute approximate surface area is 195 Å². The van der Waals surface area contributed by atoms with Crippen LogP contribution in [0.5, 0.6) is 0 Å². The van der Waals surface area contributed by atoms with Crippen LogP contribution in [-0.2, 0) is 20.9 Å². The molecule has 0 aliphatic carbocycles. The summed E-state index contributed by atoms with van der Waals surface area (Å²) in [6.45, 7) is 1.46. The van der Waals surface area contributed by atoms with E-state index in [-0.39, 0.29) is 18.4 Å². The highest BCUT2D eigenvalue weighted by molar-refractivity contribution is 7.17. The number of rotatable bonds is 6. The lowest BCUT2D eigenvalue weighted by atomic mass is 10.1. The first-order chi connectivity index (χ1) is 15.5. The summed E-state index contributed by atoms with van der Waals surface area (Å²) in [7, 11) is 1.53. The van der Waals surface area contributed by atoms with Gasteiger partial charge in [-0.15, -0.1) is 11.3 Å². The van der Waals surface area contributed by atoms with Crippen LogP contribution in [-0.4, -0.2) is 59.4 Å². The molecule has 32 heavy (non-hydrogen) atoms. The van der Waals surface area contributed by atoms with E-state index in [1.165, 1.54) is 24.5 Å². The fraction of sp³-hybridized carbons (Fsp3) is 0.261. The Morgan fingerprint density at radius 1 is 1.31 bits per heavy atom. The van der Waals surface area contributed by atoms with Gasteiger partial charge in [-0.25, -0.2) is 4.98 Å². The number of hydrogen-bond donors (Lipinski definition) is 1. The number of aromatic nitrogens is 1. The number of halogens is 1. The van der Waals surface area contributed by atoms with Gasteiger partial charge in [-0.3, -0.25) is 9.59 Å². The zero-order valence-corrected chi connectivity index (χ0v) is 19.1. The number of nitrogen functional groups attached to an aromatic ring is 1. The lowest BCUT2D eigenvalue weighted by molar-refractivity contribution is -0.152. The zero-order valence-electron chi connectivity index (χ0n) is 17.5. The number of hydrogen-bond acceptors (Lipinski definition) is 6. The summed E-state index contributed by atoms with van der Waals surface area (Å²) in [4.78, 5) is 34.4. The topological polar surface area (TPSA) is 88.8 Å². The molecule has 1 fully saturated rings. The standard InChI is InChI=1S/C23H23ClN4O3S/c1-31-14-19-23(30)27(13-15-2-5-18-16(12-15)8-9-26-22(18)25)10-11-28(19)21(29)7-4-17-3-6-20(24)32-17/h2-9,12,19H,10-11,13-14H2,1H3,(H2,25,26)/b7-4+. The lowest BCUT2D eigenvalue weighted by Gasteiger charge is -2.40. The van der Waals surface area contributed by atoms with Crippen molar-refractivity contribution in [2.24, 2.45) is 0 Å². The molecule has 0 spiro atoms. The number of benzene rings is 1. The summed E-state index contributed by atoms with van der Waals surface area (Å²) in [6.07, 6.45) is 4.87. The van der Waals surface area contributed by atoms with Gasteiger partial charge >= 0.3 is 0 Å². The molecule has 0 bridgehead atoms. The molecule has 0 radical (unpaired) electrons. The maximum Gasteiger partial charge on any atom is 0.248 e. The number of carbonyl (C=O) groups excluding carboxylic acids is 2. The fourth-order valence-electron chi connectivity index (χ4n) is 3.81. The fourth-order valence-corrected chi connectivity index (χ4v) is 4.78. The van der Waals surface area contributed by atoms with Crippen LogP contribution < -0.4 is 5.73 Å². The van der Waals surface area contributed by atoms with E-state index in [0.717, 1.165) is 21.2 Å². The van der Waals surface area contributed by atoms with E-state index in [1.807, 2.05) is 30.3 Å². The molecule has 1 aliphatic rings. The first-order valence-electron chi connectivity index (χ1n) is 10.1. The highest BCUT2D eigenvalue weighted by Crippen LogP contribution is 2.24. The van der Waals surface area contributed by atoms with Crippen molar-refractivity contribution in [2.75, 3.05) is 32.5 Å². The van der Waals surface area contributed by atoms with E-state index in [2.05, 4.69) is 4.98 Å². The average Bonchev–Trinajstić information content (AvgIpc) is 3.20. The molecule has 4 rings (SSSR count). The van der Waals surface area contributed by atoms with E-state index in [1.54, 1.807) is 28.1 Å². The lowest BCUT2D eigenvalue weighted by Crippen LogP contribution is -2.59. The molecule has 0 saturated carbocycles. The van der Waals surface area contributed by atoms with Crippen LogP contribution >= 0.6 is 22.9 Å². The SMILES string of the molecule is COCC1C(=O)N(Cc2ccc3c(N)nccc3c2)CCN1C(=O)/C=C/c1ccc(Cl)s1. The highest BCUT2D eigenvalue weighted by Gasteiger charge is 2.36. The van der Waals surface area contributed by atoms with Crippen LogP contribution in [0.2, 0.25) is 4.34 Å². The second-order valence-corrected chi connectivity index (χ2v) is 9.24. The number of pyridine rings is 1. The van der Waals surface area contributed by atoms with Crippen molar-refractivity contribution >= 4 is 57.4 Å². The Morgan fingerprint density at radius 2 is 2.16 bits per heavy atom.